The number of halogens is 2. The van der Waals surface area contributed by atoms with Gasteiger partial charge in [0.2, 0.25) is 0 Å². The molecule has 0 fully saturated rings. The summed E-state index contributed by atoms with van der Waals surface area (Å²) >= 11 is 10.4. The zero-order chi connectivity index (χ0) is 8.74. The molecule has 0 amide bonds. The Morgan fingerprint density at radius 2 is 1.55 bits per heavy atom. The van der Waals surface area contributed by atoms with Crippen LogP contribution in [0.15, 0.2) is 0 Å². The summed E-state index contributed by atoms with van der Waals surface area (Å²) < 4.78 is 19.5. The van der Waals surface area contributed by atoms with E-state index < -0.39 is 7.82 Å². The Labute approximate surface area is 75.0 Å². The number of phosphoric ester groups is 1. The lowest BCUT2D eigenvalue weighted by Crippen LogP contribution is -1.99. The highest BCUT2D eigenvalue weighted by molar-refractivity contribution is 7.47. The molecule has 0 rings (SSSR count). The van der Waals surface area contributed by atoms with Crippen LogP contribution in [0.3, 0.4) is 0 Å². The summed E-state index contributed by atoms with van der Waals surface area (Å²) in [6.45, 7) is -0.0325. The molecule has 0 saturated heterocycles. The molecule has 0 unspecified atom stereocenters. The van der Waals surface area contributed by atoms with Gasteiger partial charge in [0, 0.05) is 11.8 Å². The van der Waals surface area contributed by atoms with E-state index in [2.05, 4.69) is 9.05 Å². The molecular formula is C4H9Cl2O4P. The summed E-state index contributed by atoms with van der Waals surface area (Å²) in [5.41, 5.74) is 0. The number of rotatable bonds is 6. The zero-order valence-corrected chi connectivity index (χ0v) is 8.11. The van der Waals surface area contributed by atoms with Crippen LogP contribution in [0.2, 0.25) is 0 Å². The van der Waals surface area contributed by atoms with E-state index >= 15 is 0 Å². The largest absolute Gasteiger partial charge is 0.472 e. The lowest BCUT2D eigenvalue weighted by atomic mass is 10.9. The molecule has 68 valence electrons. The molecule has 0 saturated carbocycles. The number of hydrogen-bond acceptors (Lipinski definition) is 3. The van der Waals surface area contributed by atoms with Crippen LogP contribution in [0.25, 0.3) is 0 Å². The maximum atomic E-state index is 10.7. The average molecular weight is 223 g/mol. The topological polar surface area (TPSA) is 55.8 Å². The molecule has 0 aromatic rings. The quantitative estimate of drug-likeness (QED) is 0.548. The fourth-order valence-corrected chi connectivity index (χ4v) is 1.43. The van der Waals surface area contributed by atoms with E-state index in [0.717, 1.165) is 0 Å². The van der Waals surface area contributed by atoms with Gasteiger partial charge in [-0.15, -0.1) is 23.2 Å². The van der Waals surface area contributed by atoms with E-state index in [0.29, 0.717) is 0 Å². The van der Waals surface area contributed by atoms with Gasteiger partial charge in [-0.25, -0.2) is 4.57 Å². The summed E-state index contributed by atoms with van der Waals surface area (Å²) in [6.07, 6.45) is 0. The van der Waals surface area contributed by atoms with Gasteiger partial charge in [0.15, 0.2) is 0 Å². The van der Waals surface area contributed by atoms with Gasteiger partial charge in [-0.3, -0.25) is 9.05 Å². The lowest BCUT2D eigenvalue weighted by molar-refractivity contribution is 0.163. The van der Waals surface area contributed by atoms with Crippen LogP contribution >= 0.6 is 31.0 Å². The van der Waals surface area contributed by atoms with Gasteiger partial charge in [0.25, 0.3) is 0 Å². The minimum atomic E-state index is -3.89. The minimum absolute atomic E-state index is 0.0163. The molecule has 4 nitrogen and oxygen atoms in total. The fraction of sp³-hybridized carbons (Fsp3) is 1.00. The van der Waals surface area contributed by atoms with E-state index in [-0.39, 0.29) is 25.0 Å². The second-order valence-electron chi connectivity index (χ2n) is 1.51. The summed E-state index contributed by atoms with van der Waals surface area (Å²) in [7, 11) is -3.89. The van der Waals surface area contributed by atoms with Crippen molar-refractivity contribution in [1.29, 1.82) is 0 Å². The van der Waals surface area contributed by atoms with Crippen LogP contribution in [0.5, 0.6) is 0 Å². The zero-order valence-electron chi connectivity index (χ0n) is 5.70. The van der Waals surface area contributed by atoms with Crippen LogP contribution in [-0.2, 0) is 13.6 Å². The predicted molar refractivity (Wildman–Crippen MR) is 43.2 cm³/mol. The van der Waals surface area contributed by atoms with E-state index in [1.807, 2.05) is 0 Å². The third-order valence-corrected chi connectivity index (χ3v) is 1.99. The molecule has 0 spiro atoms. The highest BCUT2D eigenvalue weighted by atomic mass is 35.5. The molecule has 7 heteroatoms. The highest BCUT2D eigenvalue weighted by Gasteiger charge is 2.19. The summed E-state index contributed by atoms with van der Waals surface area (Å²) in [4.78, 5) is 8.77. The Bertz CT molecular complexity index is 130. The molecular weight excluding hydrogens is 214 g/mol. The monoisotopic (exact) mass is 222 g/mol. The van der Waals surface area contributed by atoms with Gasteiger partial charge in [-0.1, -0.05) is 0 Å². The Hall–Kier alpha value is 0.690. The first-order valence-corrected chi connectivity index (χ1v) is 5.42. The number of alkyl halides is 2. The lowest BCUT2D eigenvalue weighted by Gasteiger charge is -2.09. The van der Waals surface area contributed by atoms with Crippen LogP contribution < -0.4 is 0 Å². The van der Waals surface area contributed by atoms with Crippen molar-refractivity contribution < 1.29 is 18.5 Å². The van der Waals surface area contributed by atoms with Crippen molar-refractivity contribution in [3.05, 3.63) is 0 Å². The highest BCUT2D eigenvalue weighted by Crippen LogP contribution is 2.42. The van der Waals surface area contributed by atoms with Crippen LogP contribution in [0, 0.1) is 0 Å². The smallest absolute Gasteiger partial charge is 0.302 e. The predicted octanol–water partition coefficient (Wildman–Crippen LogP) is 1.60. The second-order valence-corrected chi connectivity index (χ2v) is 3.72. The molecule has 0 aliphatic heterocycles. The molecule has 0 bridgehead atoms. The first kappa shape index (κ1) is 11.7. The summed E-state index contributed by atoms with van der Waals surface area (Å²) in [5, 5.41) is 0. The van der Waals surface area contributed by atoms with E-state index in [4.69, 9.17) is 28.1 Å². The van der Waals surface area contributed by atoms with Crippen molar-refractivity contribution in [2.24, 2.45) is 0 Å². The normalized spacial score (nSPS) is 11.9. The molecule has 0 aromatic heterocycles. The first-order valence-electron chi connectivity index (χ1n) is 2.86. The van der Waals surface area contributed by atoms with Gasteiger partial charge in [-0.2, -0.15) is 0 Å². The number of hydrogen-bond donors (Lipinski definition) is 1. The van der Waals surface area contributed by atoms with Crippen molar-refractivity contribution in [3.63, 3.8) is 0 Å². The Morgan fingerprint density at radius 3 is 1.82 bits per heavy atom. The van der Waals surface area contributed by atoms with Gasteiger partial charge in [0.1, 0.15) is 0 Å². The molecule has 1 N–H and O–H groups in total. The molecule has 0 atom stereocenters. The standard InChI is InChI=1S/C4H9Cl2O4P/c5-1-3-9-11(7,8)10-4-2-6/h1-4H2,(H,7,8). The molecule has 0 heterocycles. The second kappa shape index (κ2) is 6.23. The van der Waals surface area contributed by atoms with Crippen molar-refractivity contribution in [1.82, 2.24) is 0 Å². The van der Waals surface area contributed by atoms with Gasteiger partial charge >= 0.3 is 7.82 Å². The SMILES string of the molecule is O=P(O)(OCCCl)OCCCl. The van der Waals surface area contributed by atoms with Crippen molar-refractivity contribution in [2.45, 2.75) is 0 Å². The van der Waals surface area contributed by atoms with E-state index in [1.54, 1.807) is 0 Å². The third kappa shape index (κ3) is 7.06. The minimum Gasteiger partial charge on any atom is -0.302 e. The van der Waals surface area contributed by atoms with Crippen molar-refractivity contribution in [3.8, 4) is 0 Å². The Kier molecular flexibility index (Phi) is 6.62. The third-order valence-electron chi connectivity index (χ3n) is 0.663. The van der Waals surface area contributed by atoms with Gasteiger partial charge in [-0.05, 0) is 0 Å². The average Bonchev–Trinajstić information content (AvgIpc) is 1.97. The molecule has 0 radical (unpaired) electrons. The number of phosphoric acid groups is 1. The van der Waals surface area contributed by atoms with Gasteiger partial charge in [0.05, 0.1) is 13.2 Å². The van der Waals surface area contributed by atoms with E-state index in [9.17, 15) is 4.57 Å². The summed E-state index contributed by atoms with van der Waals surface area (Å²) in [6, 6.07) is 0. The van der Waals surface area contributed by atoms with Crippen molar-refractivity contribution in [2.75, 3.05) is 25.0 Å². The molecule has 0 aromatic carbocycles. The van der Waals surface area contributed by atoms with Crippen LogP contribution in [0.4, 0.5) is 0 Å². The molecule has 0 aliphatic carbocycles. The Morgan fingerprint density at radius 1 is 1.18 bits per heavy atom. The van der Waals surface area contributed by atoms with Gasteiger partial charge < -0.3 is 4.89 Å². The Balaban J connectivity index is 3.53. The molecule has 11 heavy (non-hydrogen) atoms. The molecule has 0 aliphatic rings. The first-order chi connectivity index (χ1) is 5.12. The summed E-state index contributed by atoms with van der Waals surface area (Å²) in [5.74, 6) is 0.295. The fourth-order valence-electron chi connectivity index (χ4n) is 0.337. The van der Waals surface area contributed by atoms with E-state index in [1.165, 1.54) is 0 Å². The maximum absolute atomic E-state index is 10.7. The van der Waals surface area contributed by atoms with Crippen LogP contribution in [0.1, 0.15) is 0 Å². The van der Waals surface area contributed by atoms with Crippen LogP contribution in [-0.4, -0.2) is 29.9 Å². The van der Waals surface area contributed by atoms with Crippen molar-refractivity contribution >= 4 is 31.0 Å². The maximum Gasteiger partial charge on any atom is 0.472 e.